The first-order chi connectivity index (χ1) is 9.84. The first-order valence-corrected chi connectivity index (χ1v) is 8.02. The van der Waals surface area contributed by atoms with Crippen LogP contribution in [0.25, 0.3) is 0 Å². The van der Waals surface area contributed by atoms with E-state index >= 15 is 0 Å². The molecule has 2 rings (SSSR count). The van der Waals surface area contributed by atoms with Gasteiger partial charge in [0.1, 0.15) is 0 Å². The van der Waals surface area contributed by atoms with Crippen molar-refractivity contribution in [2.45, 2.75) is 25.4 Å². The smallest absolute Gasteiger partial charge is 0.0821 e. The van der Waals surface area contributed by atoms with E-state index in [0.29, 0.717) is 6.10 Å². The van der Waals surface area contributed by atoms with Gasteiger partial charge in [-0.05, 0) is 39.4 Å². The molecule has 2 fully saturated rings. The molecule has 0 bridgehead atoms. The molecule has 2 saturated heterocycles. The highest BCUT2D eigenvalue weighted by Crippen LogP contribution is 2.06. The number of hydrogen-bond acceptors (Lipinski definition) is 5. The summed E-state index contributed by atoms with van der Waals surface area (Å²) in [6.07, 6.45) is 3.95. The van der Waals surface area contributed by atoms with Crippen LogP contribution >= 0.6 is 0 Å². The summed E-state index contributed by atoms with van der Waals surface area (Å²) in [5, 5.41) is 0. The van der Waals surface area contributed by atoms with Gasteiger partial charge in [0.05, 0.1) is 39.1 Å². The van der Waals surface area contributed by atoms with Gasteiger partial charge in [-0.1, -0.05) is 0 Å². The van der Waals surface area contributed by atoms with Crippen LogP contribution in [0.1, 0.15) is 19.3 Å². The Bertz CT molecular complexity index is 241. The predicted octanol–water partition coefficient (Wildman–Crippen LogP) is 0.836. The van der Waals surface area contributed by atoms with Crippen LogP contribution in [0.4, 0.5) is 0 Å². The average molecular weight is 286 g/mol. The fraction of sp³-hybridized carbons (Fsp3) is 1.00. The van der Waals surface area contributed by atoms with Crippen molar-refractivity contribution in [3.8, 4) is 0 Å². The summed E-state index contributed by atoms with van der Waals surface area (Å²) in [6, 6.07) is 0. The maximum absolute atomic E-state index is 5.66. The normalized spacial score (nSPS) is 25.2. The van der Waals surface area contributed by atoms with Crippen molar-refractivity contribution in [2.24, 2.45) is 0 Å². The lowest BCUT2D eigenvalue weighted by atomic mass is 10.2. The predicted molar refractivity (Wildman–Crippen MR) is 79.2 cm³/mol. The Hall–Kier alpha value is -0.200. The number of nitrogens with zero attached hydrogens (tertiary/aromatic N) is 2. The molecule has 0 aromatic carbocycles. The number of ether oxygens (including phenoxy) is 3. The lowest BCUT2D eigenvalue weighted by molar-refractivity contribution is -0.0922. The van der Waals surface area contributed by atoms with Crippen LogP contribution < -0.4 is 0 Å². The Morgan fingerprint density at radius 2 is 1.85 bits per heavy atom. The van der Waals surface area contributed by atoms with Crippen LogP contribution in [0.5, 0.6) is 0 Å². The molecule has 2 aliphatic rings. The summed E-state index contributed by atoms with van der Waals surface area (Å²) in [6.45, 7) is 9.81. The SMILES string of the molecule is CN(CCCCN1CCOCC1)CCC1COCCO1. The molecule has 1 unspecified atom stereocenters. The van der Waals surface area contributed by atoms with Gasteiger partial charge < -0.3 is 19.1 Å². The minimum absolute atomic E-state index is 0.305. The molecule has 5 nitrogen and oxygen atoms in total. The van der Waals surface area contributed by atoms with E-state index in [-0.39, 0.29) is 0 Å². The quantitative estimate of drug-likeness (QED) is 0.618. The maximum Gasteiger partial charge on any atom is 0.0821 e. The monoisotopic (exact) mass is 286 g/mol. The van der Waals surface area contributed by atoms with Gasteiger partial charge in [-0.3, -0.25) is 4.90 Å². The second-order valence-electron chi connectivity index (χ2n) is 5.82. The molecule has 0 saturated carbocycles. The zero-order chi connectivity index (χ0) is 14.0. The van der Waals surface area contributed by atoms with Crippen molar-refractivity contribution in [3.63, 3.8) is 0 Å². The number of rotatable bonds is 8. The number of morpholine rings is 1. The topological polar surface area (TPSA) is 34.2 Å². The minimum Gasteiger partial charge on any atom is -0.379 e. The van der Waals surface area contributed by atoms with Crippen molar-refractivity contribution in [2.75, 3.05) is 72.8 Å². The second-order valence-corrected chi connectivity index (χ2v) is 5.82. The van der Waals surface area contributed by atoms with Crippen LogP contribution in [0.2, 0.25) is 0 Å². The third kappa shape index (κ3) is 6.50. The van der Waals surface area contributed by atoms with E-state index in [2.05, 4.69) is 16.8 Å². The molecule has 0 aromatic rings. The molecule has 0 spiro atoms. The van der Waals surface area contributed by atoms with Crippen molar-refractivity contribution < 1.29 is 14.2 Å². The van der Waals surface area contributed by atoms with Gasteiger partial charge in [0, 0.05) is 19.6 Å². The second kappa shape index (κ2) is 9.68. The molecular formula is C15H30N2O3. The van der Waals surface area contributed by atoms with E-state index in [1.165, 1.54) is 25.9 Å². The summed E-state index contributed by atoms with van der Waals surface area (Å²) in [4.78, 5) is 4.92. The van der Waals surface area contributed by atoms with Gasteiger partial charge in [0.25, 0.3) is 0 Å². The first-order valence-electron chi connectivity index (χ1n) is 8.02. The Balaban J connectivity index is 1.44. The van der Waals surface area contributed by atoms with Gasteiger partial charge in [0.15, 0.2) is 0 Å². The summed E-state index contributed by atoms with van der Waals surface area (Å²) >= 11 is 0. The van der Waals surface area contributed by atoms with Crippen LogP contribution in [-0.2, 0) is 14.2 Å². The largest absolute Gasteiger partial charge is 0.379 e. The van der Waals surface area contributed by atoms with Crippen molar-refractivity contribution in [1.29, 1.82) is 0 Å². The van der Waals surface area contributed by atoms with E-state index in [0.717, 1.165) is 59.1 Å². The summed E-state index contributed by atoms with van der Waals surface area (Å²) in [7, 11) is 2.21. The van der Waals surface area contributed by atoms with Gasteiger partial charge in [-0.2, -0.15) is 0 Å². The third-order valence-corrected chi connectivity index (χ3v) is 4.09. The highest BCUT2D eigenvalue weighted by atomic mass is 16.6. The van der Waals surface area contributed by atoms with Gasteiger partial charge in [-0.25, -0.2) is 0 Å². The third-order valence-electron chi connectivity index (χ3n) is 4.09. The van der Waals surface area contributed by atoms with Crippen LogP contribution in [0.3, 0.4) is 0 Å². The first kappa shape index (κ1) is 16.2. The molecule has 5 heteroatoms. The molecule has 20 heavy (non-hydrogen) atoms. The Morgan fingerprint density at radius 1 is 1.00 bits per heavy atom. The van der Waals surface area contributed by atoms with E-state index in [9.17, 15) is 0 Å². The lowest BCUT2D eigenvalue weighted by Crippen LogP contribution is -2.37. The number of hydrogen-bond donors (Lipinski definition) is 0. The fourth-order valence-corrected chi connectivity index (χ4v) is 2.72. The van der Waals surface area contributed by atoms with Gasteiger partial charge in [0.2, 0.25) is 0 Å². The molecule has 0 amide bonds. The molecule has 0 N–H and O–H groups in total. The summed E-state index contributed by atoms with van der Waals surface area (Å²) in [5.74, 6) is 0. The highest BCUT2D eigenvalue weighted by Gasteiger charge is 2.14. The molecule has 2 heterocycles. The Kier molecular flexibility index (Phi) is 7.83. The highest BCUT2D eigenvalue weighted by molar-refractivity contribution is 4.65. The van der Waals surface area contributed by atoms with E-state index in [1.54, 1.807) is 0 Å². The molecule has 118 valence electrons. The Labute approximate surface area is 123 Å². The fourth-order valence-electron chi connectivity index (χ4n) is 2.72. The van der Waals surface area contributed by atoms with E-state index in [4.69, 9.17) is 14.2 Å². The van der Waals surface area contributed by atoms with Crippen LogP contribution in [0, 0.1) is 0 Å². The average Bonchev–Trinajstić information content (AvgIpc) is 2.52. The zero-order valence-electron chi connectivity index (χ0n) is 12.9. The van der Waals surface area contributed by atoms with E-state index < -0.39 is 0 Å². The number of unbranched alkanes of at least 4 members (excludes halogenated alkanes) is 1. The molecule has 0 aromatic heterocycles. The minimum atomic E-state index is 0.305. The van der Waals surface area contributed by atoms with Crippen LogP contribution in [0.15, 0.2) is 0 Å². The Morgan fingerprint density at radius 3 is 2.60 bits per heavy atom. The lowest BCUT2D eigenvalue weighted by Gasteiger charge is -2.27. The van der Waals surface area contributed by atoms with Crippen molar-refractivity contribution >= 4 is 0 Å². The molecule has 1 atom stereocenters. The summed E-state index contributed by atoms with van der Waals surface area (Å²) < 4.78 is 16.4. The van der Waals surface area contributed by atoms with Crippen molar-refractivity contribution in [3.05, 3.63) is 0 Å². The standard InChI is InChI=1S/C15H30N2O3/c1-16(7-4-15-14-19-12-13-20-15)5-2-3-6-17-8-10-18-11-9-17/h15H,2-14H2,1H3. The molecular weight excluding hydrogens is 256 g/mol. The maximum atomic E-state index is 5.66. The molecule has 0 aliphatic carbocycles. The van der Waals surface area contributed by atoms with Crippen LogP contribution in [-0.4, -0.2) is 88.7 Å². The van der Waals surface area contributed by atoms with Crippen molar-refractivity contribution in [1.82, 2.24) is 9.80 Å². The zero-order valence-corrected chi connectivity index (χ0v) is 12.9. The van der Waals surface area contributed by atoms with Gasteiger partial charge >= 0.3 is 0 Å². The van der Waals surface area contributed by atoms with E-state index in [1.807, 2.05) is 0 Å². The van der Waals surface area contributed by atoms with Gasteiger partial charge in [-0.15, -0.1) is 0 Å². The summed E-state index contributed by atoms with van der Waals surface area (Å²) in [5.41, 5.74) is 0. The molecule has 0 radical (unpaired) electrons. The molecule has 2 aliphatic heterocycles.